The van der Waals surface area contributed by atoms with E-state index in [4.69, 9.17) is 10.5 Å². The van der Waals surface area contributed by atoms with E-state index < -0.39 is 29.3 Å². The van der Waals surface area contributed by atoms with Crippen molar-refractivity contribution in [3.8, 4) is 0 Å². The molecule has 1 aliphatic rings. The highest BCUT2D eigenvalue weighted by Gasteiger charge is 2.59. The van der Waals surface area contributed by atoms with Gasteiger partial charge >= 0.3 is 12.3 Å². The number of hydrogen-bond donors (Lipinski definition) is 1. The predicted molar refractivity (Wildman–Crippen MR) is 126 cm³/mol. The van der Waals surface area contributed by atoms with Crippen LogP contribution in [0.15, 0.2) is 30.5 Å². The van der Waals surface area contributed by atoms with E-state index in [-0.39, 0.29) is 19.4 Å². The molecule has 176 valence electrons. The first-order chi connectivity index (χ1) is 14.8. The van der Waals surface area contributed by atoms with Crippen LogP contribution in [-0.4, -0.2) is 41.3 Å². The SMILES string of the molecule is Cc1ccc(C(C)(C)N2CCC(CCc3ccc(I)s3)([C@@H](OC(N)=O)C(F)(F)F)C2)cn1. The van der Waals surface area contributed by atoms with Crippen LogP contribution in [0, 0.1) is 15.2 Å². The van der Waals surface area contributed by atoms with Crippen LogP contribution in [0.5, 0.6) is 0 Å². The van der Waals surface area contributed by atoms with Gasteiger partial charge in [-0.3, -0.25) is 9.88 Å². The van der Waals surface area contributed by atoms with Crippen LogP contribution < -0.4 is 5.73 Å². The van der Waals surface area contributed by atoms with Gasteiger partial charge in [0.2, 0.25) is 6.10 Å². The van der Waals surface area contributed by atoms with Gasteiger partial charge in [-0.05, 0) is 92.9 Å². The Bertz CT molecular complexity index is 949. The fraction of sp³-hybridized carbons (Fsp3) is 0.545. The Morgan fingerprint density at radius 2 is 2.06 bits per heavy atom. The molecule has 2 aromatic rings. The van der Waals surface area contributed by atoms with Crippen LogP contribution in [-0.2, 0) is 16.7 Å². The summed E-state index contributed by atoms with van der Waals surface area (Å²) in [6.45, 7) is 6.42. The van der Waals surface area contributed by atoms with E-state index in [2.05, 4.69) is 27.6 Å². The Hall–Kier alpha value is -1.40. The lowest BCUT2D eigenvalue weighted by Gasteiger charge is -2.41. The van der Waals surface area contributed by atoms with Crippen LogP contribution >= 0.6 is 33.9 Å². The first-order valence-corrected chi connectivity index (χ1v) is 12.2. The Morgan fingerprint density at radius 3 is 2.59 bits per heavy atom. The number of primary amides is 1. The Labute approximate surface area is 203 Å². The third-order valence-corrected chi connectivity index (χ3v) is 8.33. The monoisotopic (exact) mass is 581 g/mol. The van der Waals surface area contributed by atoms with Crippen molar-refractivity contribution in [3.63, 3.8) is 0 Å². The second-order valence-corrected chi connectivity index (χ2v) is 11.9. The molecule has 0 bridgehead atoms. The highest BCUT2D eigenvalue weighted by molar-refractivity contribution is 14.1. The van der Waals surface area contributed by atoms with Crippen LogP contribution in [0.3, 0.4) is 0 Å². The average Bonchev–Trinajstić information content (AvgIpc) is 3.31. The molecule has 10 heteroatoms. The van der Waals surface area contributed by atoms with Gasteiger partial charge in [0, 0.05) is 34.3 Å². The molecule has 1 saturated heterocycles. The number of aromatic nitrogens is 1. The molecule has 3 rings (SSSR count). The molecule has 5 nitrogen and oxygen atoms in total. The van der Waals surface area contributed by atoms with Crippen LogP contribution in [0.1, 0.15) is 42.8 Å². The number of thiophene rings is 1. The van der Waals surface area contributed by atoms with Gasteiger partial charge in [0.05, 0.1) is 2.88 Å². The summed E-state index contributed by atoms with van der Waals surface area (Å²) in [6.07, 6.45) is -5.66. The maximum absolute atomic E-state index is 14.1. The molecule has 2 aromatic heterocycles. The number of rotatable bonds is 7. The average molecular weight is 581 g/mol. The van der Waals surface area contributed by atoms with Crippen molar-refractivity contribution >= 4 is 40.0 Å². The number of aryl methyl sites for hydroxylation is 2. The van der Waals surface area contributed by atoms with Crippen molar-refractivity contribution in [3.05, 3.63) is 49.5 Å². The summed E-state index contributed by atoms with van der Waals surface area (Å²) in [5.74, 6) is 0. The molecule has 1 fully saturated rings. The van der Waals surface area contributed by atoms with E-state index in [1.165, 1.54) is 0 Å². The number of alkyl halides is 3. The summed E-state index contributed by atoms with van der Waals surface area (Å²) in [7, 11) is 0. The maximum atomic E-state index is 14.1. The normalized spacial score (nSPS) is 21.0. The first kappa shape index (κ1) is 25.2. The smallest absolute Gasteiger partial charge is 0.426 e. The quantitative estimate of drug-likeness (QED) is 0.430. The van der Waals surface area contributed by atoms with Gasteiger partial charge < -0.3 is 10.5 Å². The predicted octanol–water partition coefficient (Wildman–Crippen LogP) is 5.64. The van der Waals surface area contributed by atoms with E-state index in [1.54, 1.807) is 17.5 Å². The molecule has 1 aliphatic heterocycles. The number of carbonyl (C=O) groups is 1. The van der Waals surface area contributed by atoms with Gasteiger partial charge in [-0.25, -0.2) is 4.79 Å². The van der Waals surface area contributed by atoms with Crippen molar-refractivity contribution in [2.24, 2.45) is 11.1 Å². The Kier molecular flexibility index (Phi) is 7.45. The fourth-order valence-electron chi connectivity index (χ4n) is 4.45. The van der Waals surface area contributed by atoms with Crippen molar-refractivity contribution in [2.45, 2.75) is 57.9 Å². The molecule has 0 spiro atoms. The number of halogens is 4. The van der Waals surface area contributed by atoms with Gasteiger partial charge in [-0.15, -0.1) is 11.3 Å². The second kappa shape index (κ2) is 9.46. The van der Waals surface area contributed by atoms with Crippen LogP contribution in [0.25, 0.3) is 0 Å². The third-order valence-electron chi connectivity index (χ3n) is 6.38. The lowest BCUT2D eigenvalue weighted by atomic mass is 9.76. The number of pyridine rings is 1. The minimum atomic E-state index is -4.72. The maximum Gasteiger partial charge on any atom is 0.426 e. The second-order valence-electron chi connectivity index (χ2n) is 8.85. The van der Waals surface area contributed by atoms with Crippen molar-refractivity contribution < 1.29 is 22.7 Å². The number of nitrogens with zero attached hydrogens (tertiary/aromatic N) is 2. The first-order valence-electron chi connectivity index (χ1n) is 10.3. The van der Waals surface area contributed by atoms with Crippen LogP contribution in [0.2, 0.25) is 0 Å². The zero-order chi connectivity index (χ0) is 23.7. The minimum absolute atomic E-state index is 0.133. The molecule has 0 radical (unpaired) electrons. The van der Waals surface area contributed by atoms with E-state index in [0.717, 1.165) is 19.0 Å². The highest BCUT2D eigenvalue weighted by atomic mass is 127. The van der Waals surface area contributed by atoms with E-state index >= 15 is 0 Å². The molecule has 0 saturated carbocycles. The van der Waals surface area contributed by atoms with E-state index in [0.29, 0.717) is 13.0 Å². The number of hydrogen-bond acceptors (Lipinski definition) is 5. The van der Waals surface area contributed by atoms with Gasteiger partial charge in [0.25, 0.3) is 0 Å². The number of likely N-dealkylation sites (tertiary alicyclic amines) is 1. The zero-order valence-electron chi connectivity index (χ0n) is 18.2. The molecule has 2 N–H and O–H groups in total. The standard InChI is InChI=1S/C22H27F3IN3O2S/c1-14-4-5-15(12-28-14)20(2,3)29-11-10-21(13-29,9-8-16-6-7-17(26)32-16)18(22(23,24)25)31-19(27)30/h4-7,12,18H,8-11,13H2,1-3H3,(H2,27,30)/t18-,21?/m1/s1. The Morgan fingerprint density at radius 1 is 1.34 bits per heavy atom. The van der Waals surface area contributed by atoms with E-state index in [1.807, 2.05) is 49.9 Å². The summed E-state index contributed by atoms with van der Waals surface area (Å²) in [5, 5.41) is 0. The van der Waals surface area contributed by atoms with Crippen molar-refractivity contribution in [1.29, 1.82) is 0 Å². The molecule has 1 unspecified atom stereocenters. The van der Waals surface area contributed by atoms with Crippen molar-refractivity contribution in [2.75, 3.05) is 13.1 Å². The largest absolute Gasteiger partial charge is 0.436 e. The lowest BCUT2D eigenvalue weighted by molar-refractivity contribution is -0.237. The molecule has 2 atom stereocenters. The fourth-order valence-corrected chi connectivity index (χ4v) is 6.20. The number of nitrogens with two attached hydrogens (primary N) is 1. The number of amides is 1. The summed E-state index contributed by atoms with van der Waals surface area (Å²) in [4.78, 5) is 18.8. The summed E-state index contributed by atoms with van der Waals surface area (Å²) < 4.78 is 48.2. The summed E-state index contributed by atoms with van der Waals surface area (Å²) in [5.41, 5.74) is 5.03. The molecule has 3 heterocycles. The molecular formula is C22H27F3IN3O2S. The zero-order valence-corrected chi connectivity index (χ0v) is 21.2. The summed E-state index contributed by atoms with van der Waals surface area (Å²) >= 11 is 3.75. The molecule has 1 amide bonds. The molecule has 0 aliphatic carbocycles. The molecular weight excluding hydrogens is 554 g/mol. The minimum Gasteiger partial charge on any atom is -0.436 e. The van der Waals surface area contributed by atoms with Crippen LogP contribution in [0.4, 0.5) is 18.0 Å². The lowest BCUT2D eigenvalue weighted by Crippen LogP contribution is -2.52. The van der Waals surface area contributed by atoms with Gasteiger partial charge in [0.1, 0.15) is 0 Å². The number of ether oxygens (including phenoxy) is 1. The van der Waals surface area contributed by atoms with Gasteiger partial charge in [0.15, 0.2) is 0 Å². The number of carbonyl (C=O) groups excluding carboxylic acids is 1. The molecule has 32 heavy (non-hydrogen) atoms. The van der Waals surface area contributed by atoms with E-state index in [9.17, 15) is 18.0 Å². The third kappa shape index (κ3) is 5.56. The highest BCUT2D eigenvalue weighted by Crippen LogP contribution is 2.49. The Balaban J connectivity index is 1.93. The van der Waals surface area contributed by atoms with Gasteiger partial charge in [-0.1, -0.05) is 6.07 Å². The van der Waals surface area contributed by atoms with Gasteiger partial charge in [-0.2, -0.15) is 13.2 Å². The molecule has 0 aromatic carbocycles. The summed E-state index contributed by atoms with van der Waals surface area (Å²) in [6, 6.07) is 7.74. The topological polar surface area (TPSA) is 68.5 Å². The van der Waals surface area contributed by atoms with Crippen molar-refractivity contribution in [1.82, 2.24) is 9.88 Å².